The molecule has 1 heterocycles. The van der Waals surface area contributed by atoms with Gasteiger partial charge in [0.2, 0.25) is 0 Å². The summed E-state index contributed by atoms with van der Waals surface area (Å²) < 4.78 is 11.0. The largest absolute Gasteiger partial charge is 0.464 e. The number of hydrogen-bond acceptors (Lipinski definition) is 5. The molecule has 0 aliphatic heterocycles. The van der Waals surface area contributed by atoms with Gasteiger partial charge in [0.15, 0.2) is 5.69 Å². The standard InChI is InChI=1S/C14H16N2O4/c1-14(2,3)20-13(18)16-10-8-6-5-7-9(10)11(15-16)12(17)19-4/h5-8H,1-4H3. The highest BCUT2D eigenvalue weighted by Crippen LogP contribution is 2.20. The van der Waals surface area contributed by atoms with E-state index in [9.17, 15) is 9.59 Å². The van der Waals surface area contributed by atoms with Gasteiger partial charge in [-0.1, -0.05) is 18.2 Å². The molecule has 0 saturated carbocycles. The zero-order valence-corrected chi connectivity index (χ0v) is 11.8. The van der Waals surface area contributed by atoms with Crippen molar-refractivity contribution in [1.82, 2.24) is 9.78 Å². The Kier molecular flexibility index (Phi) is 3.48. The van der Waals surface area contributed by atoms with Gasteiger partial charge in [-0.15, -0.1) is 0 Å². The molecule has 2 aromatic rings. The quantitative estimate of drug-likeness (QED) is 0.749. The number of rotatable bonds is 1. The monoisotopic (exact) mass is 276 g/mol. The molecular weight excluding hydrogens is 260 g/mol. The van der Waals surface area contributed by atoms with Gasteiger partial charge in [-0.2, -0.15) is 9.78 Å². The van der Waals surface area contributed by atoms with Crippen molar-refractivity contribution in [2.45, 2.75) is 26.4 Å². The number of carbonyl (C=O) groups is 2. The fourth-order valence-electron chi connectivity index (χ4n) is 1.76. The third-order valence-electron chi connectivity index (χ3n) is 2.53. The van der Waals surface area contributed by atoms with Crippen LogP contribution in [0, 0.1) is 0 Å². The molecule has 0 spiro atoms. The van der Waals surface area contributed by atoms with E-state index in [1.807, 2.05) is 0 Å². The van der Waals surface area contributed by atoms with Crippen LogP contribution in [0.1, 0.15) is 31.3 Å². The van der Waals surface area contributed by atoms with E-state index in [0.717, 1.165) is 4.68 Å². The number of para-hydroxylation sites is 1. The molecule has 2 rings (SSSR count). The van der Waals surface area contributed by atoms with Crippen molar-refractivity contribution in [1.29, 1.82) is 0 Å². The lowest BCUT2D eigenvalue weighted by atomic mass is 10.2. The first-order valence-corrected chi connectivity index (χ1v) is 6.13. The molecular formula is C14H16N2O4. The van der Waals surface area contributed by atoms with Crippen molar-refractivity contribution in [2.75, 3.05) is 7.11 Å². The average Bonchev–Trinajstić information content (AvgIpc) is 2.75. The van der Waals surface area contributed by atoms with Crippen molar-refractivity contribution in [3.63, 3.8) is 0 Å². The number of carbonyl (C=O) groups excluding carboxylic acids is 2. The minimum Gasteiger partial charge on any atom is -0.464 e. The zero-order valence-electron chi connectivity index (χ0n) is 11.8. The van der Waals surface area contributed by atoms with E-state index in [0.29, 0.717) is 10.9 Å². The molecule has 0 atom stereocenters. The van der Waals surface area contributed by atoms with E-state index >= 15 is 0 Å². The molecule has 20 heavy (non-hydrogen) atoms. The normalized spacial score (nSPS) is 11.4. The molecule has 0 aliphatic carbocycles. The number of methoxy groups -OCH3 is 1. The number of fused-ring (bicyclic) bond motifs is 1. The Morgan fingerprint density at radius 1 is 1.20 bits per heavy atom. The van der Waals surface area contributed by atoms with Crippen LogP contribution in [0.4, 0.5) is 4.79 Å². The maximum Gasteiger partial charge on any atom is 0.435 e. The van der Waals surface area contributed by atoms with Crippen molar-refractivity contribution in [3.05, 3.63) is 30.0 Å². The van der Waals surface area contributed by atoms with Crippen molar-refractivity contribution in [3.8, 4) is 0 Å². The van der Waals surface area contributed by atoms with Crippen LogP contribution < -0.4 is 0 Å². The van der Waals surface area contributed by atoms with Crippen molar-refractivity contribution >= 4 is 23.0 Å². The Morgan fingerprint density at radius 3 is 2.45 bits per heavy atom. The molecule has 1 aromatic heterocycles. The number of hydrogen-bond donors (Lipinski definition) is 0. The Balaban J connectivity index is 2.54. The second-order valence-corrected chi connectivity index (χ2v) is 5.25. The van der Waals surface area contributed by atoms with Gasteiger partial charge in [0.25, 0.3) is 0 Å². The molecule has 0 aliphatic rings. The van der Waals surface area contributed by atoms with Gasteiger partial charge in [0, 0.05) is 5.39 Å². The van der Waals surface area contributed by atoms with Crippen LogP contribution in [0.3, 0.4) is 0 Å². The summed E-state index contributed by atoms with van der Waals surface area (Å²) in [5.41, 5.74) is -0.0497. The maximum absolute atomic E-state index is 12.1. The molecule has 0 fully saturated rings. The Morgan fingerprint density at radius 2 is 1.85 bits per heavy atom. The van der Waals surface area contributed by atoms with Crippen LogP contribution in [0.2, 0.25) is 0 Å². The van der Waals surface area contributed by atoms with Crippen LogP contribution in [-0.4, -0.2) is 34.6 Å². The van der Waals surface area contributed by atoms with E-state index < -0.39 is 17.7 Å². The predicted molar refractivity (Wildman–Crippen MR) is 72.7 cm³/mol. The first kappa shape index (κ1) is 14.0. The summed E-state index contributed by atoms with van der Waals surface area (Å²) >= 11 is 0. The topological polar surface area (TPSA) is 70.4 Å². The molecule has 0 radical (unpaired) electrons. The summed E-state index contributed by atoms with van der Waals surface area (Å²) in [6, 6.07) is 6.91. The fraction of sp³-hybridized carbons (Fsp3) is 0.357. The van der Waals surface area contributed by atoms with Crippen LogP contribution >= 0.6 is 0 Å². The molecule has 6 heteroatoms. The second-order valence-electron chi connectivity index (χ2n) is 5.25. The average molecular weight is 276 g/mol. The summed E-state index contributed by atoms with van der Waals surface area (Å²) in [6.07, 6.45) is -0.635. The first-order valence-electron chi connectivity index (χ1n) is 6.13. The molecule has 106 valence electrons. The zero-order chi connectivity index (χ0) is 14.9. The number of esters is 1. The molecule has 0 saturated heterocycles. The van der Waals surface area contributed by atoms with Crippen molar-refractivity contribution in [2.24, 2.45) is 0 Å². The Hall–Kier alpha value is -2.37. The fourth-order valence-corrected chi connectivity index (χ4v) is 1.76. The van der Waals surface area contributed by atoms with Crippen LogP contribution in [0.5, 0.6) is 0 Å². The SMILES string of the molecule is COC(=O)c1nn(C(=O)OC(C)(C)C)c2ccccc12. The minimum atomic E-state index is -0.643. The van der Waals surface area contributed by atoms with E-state index in [1.54, 1.807) is 45.0 Å². The number of ether oxygens (including phenoxy) is 2. The van der Waals surface area contributed by atoms with Gasteiger partial charge >= 0.3 is 12.1 Å². The molecule has 0 unspecified atom stereocenters. The van der Waals surface area contributed by atoms with E-state index in [4.69, 9.17) is 4.74 Å². The van der Waals surface area contributed by atoms with Crippen molar-refractivity contribution < 1.29 is 19.1 Å². The highest BCUT2D eigenvalue weighted by molar-refractivity contribution is 6.04. The molecule has 1 aromatic carbocycles. The second kappa shape index (κ2) is 4.96. The third kappa shape index (κ3) is 2.64. The lowest BCUT2D eigenvalue weighted by Crippen LogP contribution is -2.27. The molecule has 6 nitrogen and oxygen atoms in total. The number of nitrogens with zero attached hydrogens (tertiary/aromatic N) is 2. The summed E-state index contributed by atoms with van der Waals surface area (Å²) in [5.74, 6) is -0.594. The lowest BCUT2D eigenvalue weighted by Gasteiger charge is -2.19. The highest BCUT2D eigenvalue weighted by atomic mass is 16.6. The summed E-state index contributed by atoms with van der Waals surface area (Å²) in [4.78, 5) is 23.8. The molecule has 0 N–H and O–H groups in total. The smallest absolute Gasteiger partial charge is 0.435 e. The number of benzene rings is 1. The van der Waals surface area contributed by atoms with Crippen LogP contribution in [0.15, 0.2) is 24.3 Å². The van der Waals surface area contributed by atoms with Gasteiger partial charge in [-0.25, -0.2) is 9.59 Å². The minimum absolute atomic E-state index is 0.0916. The molecule has 0 bridgehead atoms. The summed E-state index contributed by atoms with van der Waals surface area (Å²) in [5, 5.41) is 4.56. The highest BCUT2D eigenvalue weighted by Gasteiger charge is 2.24. The summed E-state index contributed by atoms with van der Waals surface area (Å²) in [7, 11) is 1.27. The third-order valence-corrected chi connectivity index (χ3v) is 2.53. The Bertz CT molecular complexity index is 667. The van der Waals surface area contributed by atoms with E-state index in [1.165, 1.54) is 7.11 Å². The maximum atomic E-state index is 12.1. The first-order chi connectivity index (χ1) is 9.33. The van der Waals surface area contributed by atoms with Gasteiger partial charge in [-0.05, 0) is 26.8 Å². The lowest BCUT2D eigenvalue weighted by molar-refractivity contribution is 0.0519. The van der Waals surface area contributed by atoms with Gasteiger partial charge < -0.3 is 9.47 Å². The molecule has 0 amide bonds. The van der Waals surface area contributed by atoms with Crippen LogP contribution in [0.25, 0.3) is 10.9 Å². The van der Waals surface area contributed by atoms with Gasteiger partial charge in [-0.3, -0.25) is 0 Å². The Labute approximate surface area is 116 Å². The van der Waals surface area contributed by atoms with E-state index in [2.05, 4.69) is 9.84 Å². The predicted octanol–water partition coefficient (Wildman–Crippen LogP) is 2.61. The number of aromatic nitrogens is 2. The summed E-state index contributed by atoms with van der Waals surface area (Å²) in [6.45, 7) is 5.29. The van der Waals surface area contributed by atoms with E-state index in [-0.39, 0.29) is 5.69 Å². The van der Waals surface area contributed by atoms with Gasteiger partial charge in [0.1, 0.15) is 5.60 Å². The van der Waals surface area contributed by atoms with Crippen LogP contribution in [-0.2, 0) is 9.47 Å². The van der Waals surface area contributed by atoms with Gasteiger partial charge in [0.05, 0.1) is 12.6 Å².